The van der Waals surface area contributed by atoms with Crippen LogP contribution < -0.4 is 18.3 Å². The molecule has 0 saturated heterocycles. The van der Waals surface area contributed by atoms with E-state index in [-0.39, 0.29) is 32.5 Å². The molecule has 4 heterocycles. The summed E-state index contributed by atoms with van der Waals surface area (Å²) in [5.74, 6) is 0. The zero-order valence-corrected chi connectivity index (χ0v) is 79.2. The summed E-state index contributed by atoms with van der Waals surface area (Å²) < 4.78 is 57.2. The summed E-state index contributed by atoms with van der Waals surface area (Å²) in [6, 6.07) is 78.5. The van der Waals surface area contributed by atoms with Crippen molar-refractivity contribution < 1.29 is 26.5 Å². The molecule has 4 heteroatoms. The van der Waals surface area contributed by atoms with E-state index in [9.17, 15) is 0 Å². The van der Waals surface area contributed by atoms with Crippen molar-refractivity contribution in [3.8, 4) is 89.5 Å². The molecule has 0 bridgehead atoms. The zero-order valence-electron chi connectivity index (χ0n) is 85.2. The highest BCUT2D eigenvalue weighted by Crippen LogP contribution is 2.61. The number of benzene rings is 12. The van der Waals surface area contributed by atoms with Crippen LogP contribution >= 0.6 is 0 Å². The van der Waals surface area contributed by atoms with Gasteiger partial charge < -0.3 is 0 Å². The lowest BCUT2D eigenvalue weighted by atomic mass is 9.53. The fraction of sp³-hybridized carbons (Fsp3) is 0.306. The van der Waals surface area contributed by atoms with Gasteiger partial charge in [-0.15, -0.1) is 0 Å². The fourth-order valence-corrected chi connectivity index (χ4v) is 21.9. The molecule has 4 aliphatic rings. The molecular weight excluding hydrogens is 1510 g/mol. The molecule has 630 valence electrons. The minimum absolute atomic E-state index is 0.00601. The lowest BCUT2D eigenvalue weighted by Gasteiger charge is -2.49. The largest absolute Gasteiger partial charge is 0.213 e. The second-order valence-electron chi connectivity index (χ2n) is 40.7. The van der Waals surface area contributed by atoms with Crippen LogP contribution in [0, 0.1) is 89.9 Å². The normalized spacial score (nSPS) is 16.2. The second kappa shape index (κ2) is 30.9. The summed E-state index contributed by atoms with van der Waals surface area (Å²) in [7, 11) is 8.34. The van der Waals surface area contributed by atoms with Crippen LogP contribution in [-0.4, -0.2) is 0 Å². The topological polar surface area (TPSA) is 15.5 Å². The Kier molecular flexibility index (Phi) is 19.3. The number of rotatable bonds is 4. The van der Waals surface area contributed by atoms with Crippen LogP contribution in [0.4, 0.5) is 0 Å². The van der Waals surface area contributed by atoms with Gasteiger partial charge in [0.1, 0.15) is 28.2 Å². The van der Waals surface area contributed by atoms with Gasteiger partial charge in [-0.1, -0.05) is 258 Å². The summed E-state index contributed by atoms with van der Waals surface area (Å²) in [6.07, 6.45) is 10.2. The molecule has 0 aliphatic heterocycles. The number of pyridine rings is 4. The van der Waals surface area contributed by atoms with Gasteiger partial charge >= 0.3 is 0 Å². The van der Waals surface area contributed by atoms with Gasteiger partial charge in [0.15, 0.2) is 24.8 Å². The molecule has 0 spiro atoms. The van der Waals surface area contributed by atoms with E-state index < -0.39 is 13.7 Å². The molecule has 0 atom stereocenters. The molecule has 4 nitrogen and oxygen atoms in total. The molecule has 0 fully saturated rings. The van der Waals surface area contributed by atoms with Crippen molar-refractivity contribution in [1.29, 1.82) is 0 Å². The molecular formula is C121H130N4+4. The Morgan fingerprint density at radius 3 is 1.26 bits per heavy atom. The molecule has 0 radical (unpaired) electrons. The highest BCUT2D eigenvalue weighted by atomic mass is 14.9. The third-order valence-electron chi connectivity index (χ3n) is 31.2. The first kappa shape index (κ1) is 78.0. The van der Waals surface area contributed by atoms with Gasteiger partial charge in [-0.05, 0) is 313 Å². The Morgan fingerprint density at radius 1 is 0.240 bits per heavy atom. The van der Waals surface area contributed by atoms with Crippen LogP contribution in [0.2, 0.25) is 0 Å². The maximum atomic E-state index is 8.33. The molecule has 16 aromatic rings. The van der Waals surface area contributed by atoms with Crippen molar-refractivity contribution in [2.45, 2.75) is 218 Å². The van der Waals surface area contributed by atoms with Gasteiger partial charge in [0.05, 0.1) is 11.1 Å². The molecule has 125 heavy (non-hydrogen) atoms. The fourth-order valence-electron chi connectivity index (χ4n) is 21.9. The molecule has 0 unspecified atom stereocenters. The third-order valence-corrected chi connectivity index (χ3v) is 31.2. The van der Waals surface area contributed by atoms with Crippen LogP contribution in [0.15, 0.2) is 237 Å². The molecule has 0 N–H and O–H groups in total. The summed E-state index contributed by atoms with van der Waals surface area (Å²) in [4.78, 5) is 0. The lowest BCUT2D eigenvalue weighted by molar-refractivity contribution is -0.660. The first-order valence-corrected chi connectivity index (χ1v) is 45.1. The van der Waals surface area contributed by atoms with Gasteiger partial charge in [-0.2, -0.15) is 0 Å². The number of hydrogen-bond donors (Lipinski definition) is 0. The minimum atomic E-state index is -2.19. The predicted molar refractivity (Wildman–Crippen MR) is 531 cm³/mol. The van der Waals surface area contributed by atoms with Gasteiger partial charge in [-0.25, -0.2) is 18.3 Å². The summed E-state index contributed by atoms with van der Waals surface area (Å²) in [6.45, 7) is 48.2. The highest BCUT2D eigenvalue weighted by Gasteiger charge is 2.51. The average Bonchev–Trinajstić information content (AvgIpc) is 0.687. The van der Waals surface area contributed by atoms with Crippen molar-refractivity contribution in [2.75, 3.05) is 0 Å². The Hall–Kier alpha value is -11.7. The molecule has 0 saturated carbocycles. The molecule has 0 amide bonds. The maximum Gasteiger partial charge on any atom is 0.213 e. The first-order valence-electron chi connectivity index (χ1n) is 48.1. The van der Waals surface area contributed by atoms with E-state index in [1.807, 2.05) is 48.9 Å². The number of aryl methyl sites for hydroxylation is 18. The molecule has 12 aromatic carbocycles. The van der Waals surface area contributed by atoms with Crippen molar-refractivity contribution in [3.63, 3.8) is 0 Å². The maximum absolute atomic E-state index is 8.33. The van der Waals surface area contributed by atoms with Crippen molar-refractivity contribution in [1.82, 2.24) is 0 Å². The van der Waals surface area contributed by atoms with Crippen molar-refractivity contribution in [3.05, 3.63) is 354 Å². The van der Waals surface area contributed by atoms with E-state index in [1.54, 1.807) is 6.20 Å². The van der Waals surface area contributed by atoms with Gasteiger partial charge in [-0.3, -0.25) is 0 Å². The Balaban J connectivity index is 0.000000122. The van der Waals surface area contributed by atoms with Crippen LogP contribution in [0.25, 0.3) is 133 Å². The van der Waals surface area contributed by atoms with Gasteiger partial charge in [0, 0.05) is 83.6 Å². The summed E-state index contributed by atoms with van der Waals surface area (Å²) >= 11 is 0. The smallest absolute Gasteiger partial charge is 0.201 e. The first-order chi connectivity index (χ1) is 61.4. The quantitative estimate of drug-likeness (QED) is 0.156. The number of aromatic nitrogens is 4. The third kappa shape index (κ3) is 13.8. The molecule has 20 rings (SSSR count). The Labute approximate surface area is 754 Å². The Bertz CT molecular complexity index is 7480. The van der Waals surface area contributed by atoms with E-state index in [0.717, 1.165) is 46.0 Å². The van der Waals surface area contributed by atoms with E-state index in [0.29, 0.717) is 11.1 Å². The van der Waals surface area contributed by atoms with E-state index in [4.69, 9.17) is 8.22 Å². The highest BCUT2D eigenvalue weighted by molar-refractivity contribution is 6.04. The van der Waals surface area contributed by atoms with E-state index in [2.05, 4.69) is 388 Å². The van der Waals surface area contributed by atoms with Gasteiger partial charge in [0.2, 0.25) is 22.8 Å². The second-order valence-corrected chi connectivity index (χ2v) is 40.7. The monoisotopic (exact) mass is 1650 g/mol. The van der Waals surface area contributed by atoms with Crippen LogP contribution in [-0.2, 0) is 73.5 Å². The van der Waals surface area contributed by atoms with E-state index >= 15 is 0 Å². The predicted octanol–water partition coefficient (Wildman–Crippen LogP) is 28.8. The number of nitrogens with zero attached hydrogens (tertiary/aromatic N) is 4. The van der Waals surface area contributed by atoms with Crippen LogP contribution in [0.5, 0.6) is 0 Å². The minimum Gasteiger partial charge on any atom is -0.201 e. The standard InChI is InChI=1S/3C31H34N.C28H28N/c1-19-9-11-23-22(15-19)10-12-26-29(23)25-18-24(28-16-20(2)13-14-32(28)8)21(3)17-27(25)31(6,7)30(26,4)5;1-19-9-11-23-22(15-19)10-12-24-26-18-25(28-16-20(2)13-14-32(28)8)21(3)17-27(26)30(4,5)31(6,7)29(23)24;1-19-15-16-32(8)26(17-19)27-20(2)13-14-24-25-18-21(3)22-11-9-10-12-23(22)28(25)30(4,5)31(6,7)29(24)27;1-17-6-9-22-21(14-17)8-11-24-23(22)12-13-26-25(24)10-7-18(2)28(26)27-15-19(3)20(4)16-29(27)5/h3*9-18H,1-8H3;6-11,14-16H,12-13H2,1-5H3/q4*+1/i;;3D3;4D3. The van der Waals surface area contributed by atoms with E-state index in [1.165, 1.54) is 205 Å². The zero-order chi connectivity index (χ0) is 94.3. The molecule has 4 aromatic heterocycles. The molecule has 4 aliphatic carbocycles. The lowest BCUT2D eigenvalue weighted by Crippen LogP contribution is -2.45. The van der Waals surface area contributed by atoms with Crippen LogP contribution in [0.3, 0.4) is 0 Å². The SMILES string of the molecule is Cc1cc[n+](C)c(-c2cc3c(cc2C)C(C)(C)C(C)(C)c2c-3ccc3cc(C)ccc23)c1.Cc1cc[n+](C)c(-c2cc3c(cc2C)C(C)(C)C(C)(C)c2ccc4cc(C)ccc4c2-3)c1.[2H]C([2H])([2H])c1c[n+](C)c(-c2c(C)ccc3c2CCc2c-3ccc3cc(C)ccc23)cc1C.[2H]C([2H])([2H])c1cc2c(c3ccccc13)C(C)(C)C(C)(C)c1c-2ccc(C)c1-c1cc(C)cc[n+]1C. The number of hydrogen-bond acceptors (Lipinski definition) is 0. The average molecular weight is 1650 g/mol. The number of fused-ring (bicyclic) bond motifs is 20. The van der Waals surface area contributed by atoms with Gasteiger partial charge in [0.25, 0.3) is 0 Å². The Morgan fingerprint density at radius 2 is 0.656 bits per heavy atom. The van der Waals surface area contributed by atoms with Crippen LogP contribution in [0.1, 0.15) is 208 Å². The summed E-state index contributed by atoms with van der Waals surface area (Å²) in [5.41, 5.74) is 45.6. The van der Waals surface area contributed by atoms with Crippen molar-refractivity contribution >= 4 is 43.1 Å². The summed E-state index contributed by atoms with van der Waals surface area (Å²) in [5, 5.41) is 9.95. The van der Waals surface area contributed by atoms with Crippen molar-refractivity contribution in [2.24, 2.45) is 28.2 Å².